The minimum absolute atomic E-state index is 0.168. The molecule has 2 rings (SSSR count). The number of carbonyl (C=O) groups is 1. The number of aryl methyl sites for hydroxylation is 1. The van der Waals surface area contributed by atoms with Crippen LogP contribution in [0, 0.1) is 12.7 Å². The molecule has 2 aromatic rings. The van der Waals surface area contributed by atoms with E-state index >= 15 is 0 Å². The minimum atomic E-state index is -3.74. The Balaban J connectivity index is 2.30. The van der Waals surface area contributed by atoms with E-state index in [0.29, 0.717) is 21.8 Å². The van der Waals surface area contributed by atoms with Gasteiger partial charge in [-0.1, -0.05) is 36.7 Å². The summed E-state index contributed by atoms with van der Waals surface area (Å²) in [7, 11) is -3.74. The van der Waals surface area contributed by atoms with Crippen LogP contribution in [0.1, 0.15) is 24.5 Å². The van der Waals surface area contributed by atoms with E-state index in [1.807, 2.05) is 0 Å². The van der Waals surface area contributed by atoms with Gasteiger partial charge in [0.05, 0.1) is 11.9 Å². The van der Waals surface area contributed by atoms with E-state index in [9.17, 15) is 17.6 Å². The molecule has 0 heterocycles. The van der Waals surface area contributed by atoms with Gasteiger partial charge in [-0.15, -0.1) is 0 Å². The molecular formula is C19H22ClFN2O3S. The lowest BCUT2D eigenvalue weighted by Gasteiger charge is -2.31. The molecule has 0 aliphatic carbocycles. The quantitative estimate of drug-likeness (QED) is 0.754. The molecule has 27 heavy (non-hydrogen) atoms. The molecule has 0 radical (unpaired) electrons. The first-order chi connectivity index (χ1) is 12.6. The highest BCUT2D eigenvalue weighted by molar-refractivity contribution is 7.92. The highest BCUT2D eigenvalue weighted by atomic mass is 35.5. The van der Waals surface area contributed by atoms with Crippen LogP contribution in [-0.2, 0) is 21.4 Å². The van der Waals surface area contributed by atoms with Gasteiger partial charge in [0.25, 0.3) is 0 Å². The van der Waals surface area contributed by atoms with Crippen molar-refractivity contribution in [3.05, 3.63) is 64.4 Å². The zero-order chi connectivity index (χ0) is 20.2. The standard InChI is InChI=1S/C19H22ClFN2O3S/c1-4-17(19(24)22-12-14-6-9-16(21)10-7-14)23(27(3,25)26)18-11-15(20)8-5-13(18)2/h5-11,17H,4,12H2,1-3H3,(H,22,24)/t17-/m1/s1. The lowest BCUT2D eigenvalue weighted by Crippen LogP contribution is -2.49. The van der Waals surface area contributed by atoms with Crippen LogP contribution in [0.4, 0.5) is 10.1 Å². The number of carbonyl (C=O) groups excluding carboxylic acids is 1. The van der Waals surface area contributed by atoms with Crippen molar-refractivity contribution in [1.82, 2.24) is 5.32 Å². The SMILES string of the molecule is CC[C@H](C(=O)NCc1ccc(F)cc1)N(c1cc(Cl)ccc1C)S(C)(=O)=O. The predicted molar refractivity (Wildman–Crippen MR) is 106 cm³/mol. The number of hydrogen-bond donors (Lipinski definition) is 1. The Hall–Kier alpha value is -2.12. The molecule has 1 N–H and O–H groups in total. The van der Waals surface area contributed by atoms with Gasteiger partial charge in [0.15, 0.2) is 0 Å². The molecule has 1 amide bonds. The highest BCUT2D eigenvalue weighted by Gasteiger charge is 2.32. The van der Waals surface area contributed by atoms with Gasteiger partial charge in [-0.25, -0.2) is 12.8 Å². The van der Waals surface area contributed by atoms with Gasteiger partial charge in [-0.3, -0.25) is 9.10 Å². The molecule has 0 fully saturated rings. The van der Waals surface area contributed by atoms with Crippen molar-refractivity contribution in [2.45, 2.75) is 32.9 Å². The van der Waals surface area contributed by atoms with Crippen LogP contribution in [-0.4, -0.2) is 26.6 Å². The Kier molecular flexibility index (Phi) is 6.84. The highest BCUT2D eigenvalue weighted by Crippen LogP contribution is 2.29. The number of rotatable bonds is 7. The molecule has 0 aliphatic rings. The number of sulfonamides is 1. The van der Waals surface area contributed by atoms with Crippen molar-refractivity contribution in [1.29, 1.82) is 0 Å². The van der Waals surface area contributed by atoms with Crippen LogP contribution in [0.25, 0.3) is 0 Å². The maximum Gasteiger partial charge on any atom is 0.244 e. The van der Waals surface area contributed by atoms with Gasteiger partial charge in [-0.05, 0) is 48.7 Å². The molecule has 1 atom stereocenters. The maximum absolute atomic E-state index is 13.0. The average Bonchev–Trinajstić information content (AvgIpc) is 2.60. The molecule has 0 unspecified atom stereocenters. The van der Waals surface area contributed by atoms with Crippen LogP contribution in [0.3, 0.4) is 0 Å². The second-order valence-electron chi connectivity index (χ2n) is 6.26. The summed E-state index contributed by atoms with van der Waals surface area (Å²) in [5, 5.41) is 3.11. The number of benzene rings is 2. The normalized spacial score (nSPS) is 12.5. The van der Waals surface area contributed by atoms with Crippen LogP contribution in [0.15, 0.2) is 42.5 Å². The molecule has 0 saturated heterocycles. The Bertz CT molecular complexity index is 917. The molecule has 0 aromatic heterocycles. The summed E-state index contributed by atoms with van der Waals surface area (Å²) in [6.07, 6.45) is 1.33. The van der Waals surface area contributed by atoms with E-state index in [4.69, 9.17) is 11.6 Å². The number of anilines is 1. The molecule has 0 spiro atoms. The average molecular weight is 413 g/mol. The third kappa shape index (κ3) is 5.43. The Morgan fingerprint density at radius 1 is 1.22 bits per heavy atom. The largest absolute Gasteiger partial charge is 0.350 e. The summed E-state index contributed by atoms with van der Waals surface area (Å²) in [6, 6.07) is 9.70. The monoisotopic (exact) mass is 412 g/mol. The van der Waals surface area contributed by atoms with E-state index in [2.05, 4.69) is 5.32 Å². The van der Waals surface area contributed by atoms with Crippen molar-refractivity contribution in [3.63, 3.8) is 0 Å². The fraction of sp³-hybridized carbons (Fsp3) is 0.316. The second-order valence-corrected chi connectivity index (χ2v) is 8.55. The van der Waals surface area contributed by atoms with Gasteiger partial charge in [0.2, 0.25) is 15.9 Å². The third-order valence-corrected chi connectivity index (χ3v) is 5.52. The fourth-order valence-electron chi connectivity index (χ4n) is 2.76. The van der Waals surface area contributed by atoms with Crippen LogP contribution in [0.2, 0.25) is 5.02 Å². The zero-order valence-corrected chi connectivity index (χ0v) is 16.9. The van der Waals surface area contributed by atoms with E-state index in [1.165, 1.54) is 18.2 Å². The first kappa shape index (κ1) is 21.2. The summed E-state index contributed by atoms with van der Waals surface area (Å²) < 4.78 is 39.0. The first-order valence-corrected chi connectivity index (χ1v) is 10.6. The molecule has 0 aliphatic heterocycles. The number of nitrogens with one attached hydrogen (secondary N) is 1. The zero-order valence-electron chi connectivity index (χ0n) is 15.4. The van der Waals surface area contributed by atoms with E-state index in [1.54, 1.807) is 38.1 Å². The van der Waals surface area contributed by atoms with Crippen molar-refractivity contribution < 1.29 is 17.6 Å². The van der Waals surface area contributed by atoms with Gasteiger partial charge < -0.3 is 5.32 Å². The maximum atomic E-state index is 13.0. The van der Waals surface area contributed by atoms with Gasteiger partial charge in [-0.2, -0.15) is 0 Å². The summed E-state index contributed by atoms with van der Waals surface area (Å²) in [5.41, 5.74) is 1.77. The number of halogens is 2. The summed E-state index contributed by atoms with van der Waals surface area (Å²) >= 11 is 6.04. The predicted octanol–water partition coefficient (Wildman–Crippen LogP) is 3.65. The molecule has 0 bridgehead atoms. The second kappa shape index (κ2) is 8.71. The Morgan fingerprint density at radius 3 is 2.41 bits per heavy atom. The molecule has 146 valence electrons. The van der Waals surface area contributed by atoms with E-state index in [-0.39, 0.29) is 18.8 Å². The van der Waals surface area contributed by atoms with Crippen molar-refractivity contribution >= 4 is 33.2 Å². The van der Waals surface area contributed by atoms with Gasteiger partial charge in [0.1, 0.15) is 11.9 Å². The van der Waals surface area contributed by atoms with E-state index in [0.717, 1.165) is 10.6 Å². The molecule has 2 aromatic carbocycles. The van der Waals surface area contributed by atoms with Crippen LogP contribution in [0.5, 0.6) is 0 Å². The number of amides is 1. The lowest BCUT2D eigenvalue weighted by molar-refractivity contribution is -0.122. The molecule has 5 nitrogen and oxygen atoms in total. The van der Waals surface area contributed by atoms with Crippen LogP contribution >= 0.6 is 11.6 Å². The smallest absolute Gasteiger partial charge is 0.244 e. The Morgan fingerprint density at radius 2 is 1.85 bits per heavy atom. The molecular weight excluding hydrogens is 391 g/mol. The minimum Gasteiger partial charge on any atom is -0.350 e. The summed E-state index contributed by atoms with van der Waals surface area (Å²) in [6.45, 7) is 3.66. The van der Waals surface area contributed by atoms with Crippen molar-refractivity contribution in [3.8, 4) is 0 Å². The lowest BCUT2D eigenvalue weighted by atomic mass is 10.1. The topological polar surface area (TPSA) is 66.5 Å². The number of nitrogens with zero attached hydrogens (tertiary/aromatic N) is 1. The molecule has 8 heteroatoms. The van der Waals surface area contributed by atoms with Crippen molar-refractivity contribution in [2.24, 2.45) is 0 Å². The first-order valence-electron chi connectivity index (χ1n) is 8.41. The summed E-state index contributed by atoms with van der Waals surface area (Å²) in [4.78, 5) is 12.7. The number of hydrogen-bond acceptors (Lipinski definition) is 3. The third-order valence-electron chi connectivity index (χ3n) is 4.12. The van der Waals surface area contributed by atoms with E-state index < -0.39 is 22.0 Å². The Labute approximate surface area is 164 Å². The van der Waals surface area contributed by atoms with Gasteiger partial charge >= 0.3 is 0 Å². The van der Waals surface area contributed by atoms with Gasteiger partial charge in [0, 0.05) is 11.6 Å². The fourth-order valence-corrected chi connectivity index (χ4v) is 4.19. The van der Waals surface area contributed by atoms with Crippen molar-refractivity contribution in [2.75, 3.05) is 10.6 Å². The molecule has 0 saturated carbocycles. The summed E-state index contributed by atoms with van der Waals surface area (Å²) in [5.74, 6) is -0.803. The van der Waals surface area contributed by atoms with Crippen LogP contribution < -0.4 is 9.62 Å².